The predicted octanol–water partition coefficient (Wildman–Crippen LogP) is 1.50. The molecule has 0 saturated carbocycles. The van der Waals surface area contributed by atoms with Crippen LogP contribution in [0.1, 0.15) is 28.0 Å². The van der Waals surface area contributed by atoms with E-state index >= 15 is 0 Å². The fraction of sp³-hybridized carbons (Fsp3) is 0.368. The second-order valence-electron chi connectivity index (χ2n) is 6.45. The summed E-state index contributed by atoms with van der Waals surface area (Å²) in [4.78, 5) is 17.5. The smallest absolute Gasteiger partial charge is 0.268 e. The summed E-state index contributed by atoms with van der Waals surface area (Å²) in [5.74, 6) is -0.201. The minimum absolute atomic E-state index is 0.0429. The third kappa shape index (κ3) is 4.27. The maximum atomic E-state index is 12.4. The van der Waals surface area contributed by atoms with Crippen LogP contribution in [0, 0.1) is 17.2 Å². The van der Waals surface area contributed by atoms with Gasteiger partial charge in [-0.15, -0.1) is 0 Å². The van der Waals surface area contributed by atoms with Crippen LogP contribution in [0.4, 0.5) is 0 Å². The van der Waals surface area contributed by atoms with E-state index in [0.29, 0.717) is 17.8 Å². The summed E-state index contributed by atoms with van der Waals surface area (Å²) < 4.78 is 0. The lowest BCUT2D eigenvalue weighted by molar-refractivity contribution is 0.0727. The summed E-state index contributed by atoms with van der Waals surface area (Å²) in [5, 5.41) is 21.5. The van der Waals surface area contributed by atoms with Gasteiger partial charge in [0.15, 0.2) is 0 Å². The second kappa shape index (κ2) is 7.97. The molecule has 2 heterocycles. The van der Waals surface area contributed by atoms with Crippen molar-refractivity contribution in [2.45, 2.75) is 19.0 Å². The van der Waals surface area contributed by atoms with E-state index in [-0.39, 0.29) is 24.5 Å². The van der Waals surface area contributed by atoms with Crippen molar-refractivity contribution in [3.63, 3.8) is 0 Å². The Morgan fingerprint density at radius 2 is 2.20 bits per heavy atom. The van der Waals surface area contributed by atoms with Crippen molar-refractivity contribution in [2.75, 3.05) is 19.7 Å². The van der Waals surface area contributed by atoms with E-state index in [1.54, 1.807) is 0 Å². The van der Waals surface area contributed by atoms with Gasteiger partial charge in [0.2, 0.25) is 0 Å². The third-order valence-electron chi connectivity index (χ3n) is 4.70. The number of nitrogens with zero attached hydrogens (tertiary/aromatic N) is 2. The lowest BCUT2D eigenvalue weighted by Crippen LogP contribution is -2.53. The van der Waals surface area contributed by atoms with E-state index in [1.807, 2.05) is 24.3 Å². The monoisotopic (exact) mass is 338 g/mol. The highest BCUT2D eigenvalue weighted by Gasteiger charge is 2.30. The molecule has 1 aromatic heterocycles. The molecule has 1 aliphatic heterocycles. The summed E-state index contributed by atoms with van der Waals surface area (Å²) in [6.07, 6.45) is 2.35. The van der Waals surface area contributed by atoms with Crippen LogP contribution in [-0.2, 0) is 6.54 Å². The van der Waals surface area contributed by atoms with E-state index in [1.165, 1.54) is 17.8 Å². The normalized spacial score (nSPS) is 20.8. The van der Waals surface area contributed by atoms with Gasteiger partial charge in [-0.1, -0.05) is 30.3 Å². The Labute approximate surface area is 147 Å². The van der Waals surface area contributed by atoms with Gasteiger partial charge in [-0.2, -0.15) is 5.26 Å². The van der Waals surface area contributed by atoms with E-state index in [2.05, 4.69) is 27.3 Å². The molecule has 1 aliphatic rings. The van der Waals surface area contributed by atoms with E-state index < -0.39 is 0 Å². The molecule has 0 unspecified atom stereocenters. The highest BCUT2D eigenvalue weighted by Crippen LogP contribution is 2.20. The molecule has 3 rings (SSSR count). The highest BCUT2D eigenvalue weighted by atomic mass is 16.3. The second-order valence-corrected chi connectivity index (χ2v) is 6.45. The fourth-order valence-electron chi connectivity index (χ4n) is 3.27. The zero-order valence-corrected chi connectivity index (χ0v) is 14.0. The molecule has 2 aromatic rings. The molecule has 0 aliphatic carbocycles. The average molecular weight is 338 g/mol. The van der Waals surface area contributed by atoms with Crippen LogP contribution in [-0.4, -0.2) is 46.6 Å². The summed E-state index contributed by atoms with van der Waals surface area (Å²) in [6.45, 7) is 2.47. The number of hydrogen-bond acceptors (Lipinski definition) is 4. The van der Waals surface area contributed by atoms with Crippen LogP contribution in [0.3, 0.4) is 0 Å². The van der Waals surface area contributed by atoms with Crippen molar-refractivity contribution in [2.24, 2.45) is 5.92 Å². The van der Waals surface area contributed by atoms with Gasteiger partial charge in [-0.05, 0) is 24.6 Å². The SMILES string of the molecule is N#Cc1c[nH]c(C(=O)N[C@H]2CN(Cc3ccccc3)CC[C@@H]2CO)c1. The first-order chi connectivity index (χ1) is 12.2. The molecule has 1 aromatic carbocycles. The van der Waals surface area contributed by atoms with Gasteiger partial charge in [-0.25, -0.2) is 0 Å². The highest BCUT2D eigenvalue weighted by molar-refractivity contribution is 5.93. The van der Waals surface area contributed by atoms with Crippen molar-refractivity contribution >= 4 is 5.91 Å². The standard InChI is InChI=1S/C19H22N4O2/c20-9-15-8-17(21-10-15)19(25)22-18-12-23(7-6-16(18)13-24)11-14-4-2-1-3-5-14/h1-5,8,10,16,18,21,24H,6-7,11-13H2,(H,22,25)/t16-,18+/m1/s1. The number of likely N-dealkylation sites (tertiary alicyclic amines) is 1. The van der Waals surface area contributed by atoms with Gasteiger partial charge in [0, 0.05) is 37.9 Å². The summed E-state index contributed by atoms with van der Waals surface area (Å²) >= 11 is 0. The Balaban J connectivity index is 1.64. The Hall–Kier alpha value is -2.62. The van der Waals surface area contributed by atoms with Crippen molar-refractivity contribution in [3.05, 3.63) is 59.4 Å². The molecule has 1 amide bonds. The Bertz CT molecular complexity index is 750. The maximum absolute atomic E-state index is 12.4. The lowest BCUT2D eigenvalue weighted by Gasteiger charge is -2.38. The molecule has 6 heteroatoms. The molecule has 3 N–H and O–H groups in total. The van der Waals surface area contributed by atoms with Crippen LogP contribution in [0.5, 0.6) is 0 Å². The number of piperidine rings is 1. The predicted molar refractivity (Wildman–Crippen MR) is 93.7 cm³/mol. The number of benzene rings is 1. The van der Waals surface area contributed by atoms with Gasteiger partial charge in [-0.3, -0.25) is 9.69 Å². The lowest BCUT2D eigenvalue weighted by atomic mass is 9.91. The number of amides is 1. The molecular formula is C19H22N4O2. The van der Waals surface area contributed by atoms with Crippen LogP contribution < -0.4 is 5.32 Å². The largest absolute Gasteiger partial charge is 0.396 e. The van der Waals surface area contributed by atoms with Crippen LogP contribution in [0.25, 0.3) is 0 Å². The van der Waals surface area contributed by atoms with Gasteiger partial charge >= 0.3 is 0 Å². The molecule has 25 heavy (non-hydrogen) atoms. The zero-order valence-electron chi connectivity index (χ0n) is 14.0. The number of carbonyl (C=O) groups excluding carboxylic acids is 1. The van der Waals surface area contributed by atoms with Gasteiger partial charge in [0.05, 0.1) is 5.56 Å². The molecule has 0 bridgehead atoms. The van der Waals surface area contributed by atoms with Gasteiger partial charge in [0.25, 0.3) is 5.91 Å². The van der Waals surface area contributed by atoms with Crippen molar-refractivity contribution in [3.8, 4) is 6.07 Å². The molecule has 0 radical (unpaired) electrons. The molecule has 0 spiro atoms. The molecular weight excluding hydrogens is 316 g/mol. The number of aliphatic hydroxyl groups excluding tert-OH is 1. The van der Waals surface area contributed by atoms with Crippen LogP contribution >= 0.6 is 0 Å². The number of aromatic amines is 1. The third-order valence-corrected chi connectivity index (χ3v) is 4.70. The van der Waals surface area contributed by atoms with Crippen molar-refractivity contribution < 1.29 is 9.90 Å². The van der Waals surface area contributed by atoms with E-state index in [4.69, 9.17) is 5.26 Å². The number of hydrogen-bond donors (Lipinski definition) is 3. The number of nitriles is 1. The molecule has 130 valence electrons. The molecule has 1 saturated heterocycles. The first-order valence-corrected chi connectivity index (χ1v) is 8.46. The Morgan fingerprint density at radius 1 is 1.40 bits per heavy atom. The van der Waals surface area contributed by atoms with Crippen LogP contribution in [0.2, 0.25) is 0 Å². The van der Waals surface area contributed by atoms with E-state index in [9.17, 15) is 9.90 Å². The Morgan fingerprint density at radius 3 is 2.88 bits per heavy atom. The summed E-state index contributed by atoms with van der Waals surface area (Å²) in [7, 11) is 0. The average Bonchev–Trinajstić information content (AvgIpc) is 3.12. The van der Waals surface area contributed by atoms with E-state index in [0.717, 1.165) is 19.5 Å². The fourth-order valence-corrected chi connectivity index (χ4v) is 3.27. The van der Waals surface area contributed by atoms with Crippen LogP contribution in [0.15, 0.2) is 42.6 Å². The number of aliphatic hydroxyl groups is 1. The van der Waals surface area contributed by atoms with Gasteiger partial charge < -0.3 is 15.4 Å². The molecule has 1 fully saturated rings. The first kappa shape index (κ1) is 17.2. The minimum atomic E-state index is -0.244. The topological polar surface area (TPSA) is 92.1 Å². The van der Waals surface area contributed by atoms with Crippen molar-refractivity contribution in [1.82, 2.24) is 15.2 Å². The summed E-state index contributed by atoms with van der Waals surface area (Å²) in [6, 6.07) is 13.6. The van der Waals surface area contributed by atoms with Gasteiger partial charge in [0.1, 0.15) is 11.8 Å². The molecule has 2 atom stereocenters. The number of rotatable bonds is 5. The Kier molecular flexibility index (Phi) is 5.49. The van der Waals surface area contributed by atoms with Crippen molar-refractivity contribution in [1.29, 1.82) is 5.26 Å². The number of aromatic nitrogens is 1. The number of nitrogens with one attached hydrogen (secondary N) is 2. The minimum Gasteiger partial charge on any atom is -0.396 e. The number of H-pyrrole nitrogens is 1. The zero-order chi connectivity index (χ0) is 17.6. The summed E-state index contributed by atoms with van der Waals surface area (Å²) in [5.41, 5.74) is 2.03. The maximum Gasteiger partial charge on any atom is 0.268 e. The first-order valence-electron chi connectivity index (χ1n) is 8.46. The number of carbonyl (C=O) groups is 1. The molecule has 6 nitrogen and oxygen atoms in total. The quantitative estimate of drug-likeness (QED) is 0.770.